The monoisotopic (exact) mass is 272 g/mol. The van der Waals surface area contributed by atoms with E-state index in [1.807, 2.05) is 7.05 Å². The Bertz CT molecular complexity index is 515. The van der Waals surface area contributed by atoms with E-state index in [1.54, 1.807) is 23.0 Å². The molecule has 0 aromatic carbocycles. The number of aryl methyl sites for hydroxylation is 1. The summed E-state index contributed by atoms with van der Waals surface area (Å²) in [4.78, 5) is 0.327. The molecule has 1 aliphatic heterocycles. The summed E-state index contributed by atoms with van der Waals surface area (Å²) < 4.78 is 28.1. The first-order valence-electron chi connectivity index (χ1n) is 6.13. The first-order valence-corrected chi connectivity index (χ1v) is 7.57. The third-order valence-corrected chi connectivity index (χ3v) is 5.67. The number of nitrogens with one attached hydrogen (secondary N) is 1. The van der Waals surface area contributed by atoms with Crippen molar-refractivity contribution in [2.45, 2.75) is 30.7 Å². The number of rotatable bonds is 3. The van der Waals surface area contributed by atoms with E-state index in [2.05, 4.69) is 10.4 Å². The number of hydrogen-bond donors (Lipinski definition) is 1. The molecule has 0 aliphatic carbocycles. The van der Waals surface area contributed by atoms with Gasteiger partial charge in [-0.3, -0.25) is 4.68 Å². The van der Waals surface area contributed by atoms with Crippen LogP contribution in [-0.4, -0.2) is 48.7 Å². The topological polar surface area (TPSA) is 67.2 Å². The molecule has 7 heteroatoms. The lowest BCUT2D eigenvalue weighted by Crippen LogP contribution is -2.43. The molecule has 1 aliphatic rings. The van der Waals surface area contributed by atoms with Crippen LogP contribution in [0.2, 0.25) is 0 Å². The zero-order chi connectivity index (χ0) is 13.3. The molecule has 102 valence electrons. The number of aromatic nitrogens is 2. The molecule has 0 amide bonds. The third-order valence-electron chi connectivity index (χ3n) is 3.67. The summed E-state index contributed by atoms with van der Waals surface area (Å²) >= 11 is 0. The molecule has 0 saturated carbocycles. The van der Waals surface area contributed by atoms with Gasteiger partial charge in [0.05, 0.1) is 11.9 Å². The molecule has 0 spiro atoms. The molecule has 0 radical (unpaired) electrons. The van der Waals surface area contributed by atoms with Crippen LogP contribution < -0.4 is 5.32 Å². The molecule has 2 heterocycles. The molecule has 2 rings (SSSR count). The highest BCUT2D eigenvalue weighted by molar-refractivity contribution is 7.89. The summed E-state index contributed by atoms with van der Waals surface area (Å²) in [7, 11) is 0.287. The highest BCUT2D eigenvalue weighted by Crippen LogP contribution is 2.22. The lowest BCUT2D eigenvalue weighted by molar-refractivity contribution is 0.298. The van der Waals surface area contributed by atoms with Gasteiger partial charge in [0.2, 0.25) is 10.0 Å². The molecule has 6 nitrogen and oxygen atoms in total. The Hall–Kier alpha value is -0.920. The van der Waals surface area contributed by atoms with E-state index in [9.17, 15) is 8.42 Å². The van der Waals surface area contributed by atoms with Crippen LogP contribution in [0.5, 0.6) is 0 Å². The summed E-state index contributed by atoms with van der Waals surface area (Å²) in [5, 5.41) is 7.20. The maximum absolute atomic E-state index is 12.5. The average molecular weight is 272 g/mol. The number of sulfonamides is 1. The van der Waals surface area contributed by atoms with Crippen molar-refractivity contribution in [3.8, 4) is 0 Å². The molecular weight excluding hydrogens is 252 g/mol. The van der Waals surface area contributed by atoms with Crippen LogP contribution in [0.3, 0.4) is 0 Å². The van der Waals surface area contributed by atoms with Crippen molar-refractivity contribution in [2.24, 2.45) is 7.05 Å². The Morgan fingerprint density at radius 1 is 1.39 bits per heavy atom. The van der Waals surface area contributed by atoms with Crippen LogP contribution >= 0.6 is 0 Å². The molecule has 0 unspecified atom stereocenters. The van der Waals surface area contributed by atoms with Gasteiger partial charge in [-0.1, -0.05) is 0 Å². The van der Waals surface area contributed by atoms with Crippen LogP contribution in [0, 0.1) is 6.92 Å². The zero-order valence-corrected chi connectivity index (χ0v) is 11.9. The Labute approximate surface area is 108 Å². The van der Waals surface area contributed by atoms with Gasteiger partial charge in [0.25, 0.3) is 0 Å². The second kappa shape index (κ2) is 4.99. The fourth-order valence-electron chi connectivity index (χ4n) is 2.26. The second-order valence-corrected chi connectivity index (χ2v) is 6.59. The second-order valence-electron chi connectivity index (χ2n) is 4.68. The number of nitrogens with zero attached hydrogens (tertiary/aromatic N) is 3. The minimum Gasteiger partial charge on any atom is -0.317 e. The molecule has 1 N–H and O–H groups in total. The summed E-state index contributed by atoms with van der Waals surface area (Å²) in [5.41, 5.74) is 0.686. The van der Waals surface area contributed by atoms with Crippen molar-refractivity contribution < 1.29 is 8.42 Å². The normalized spacial score (nSPS) is 19.3. The highest BCUT2D eigenvalue weighted by atomic mass is 32.2. The molecule has 0 atom stereocenters. The first kappa shape index (κ1) is 13.5. The van der Waals surface area contributed by atoms with E-state index in [4.69, 9.17) is 0 Å². The van der Waals surface area contributed by atoms with Crippen molar-refractivity contribution in [3.63, 3.8) is 0 Å². The van der Waals surface area contributed by atoms with E-state index in [-0.39, 0.29) is 0 Å². The van der Waals surface area contributed by atoms with Gasteiger partial charge < -0.3 is 5.32 Å². The molecule has 0 bridgehead atoms. The third kappa shape index (κ3) is 2.30. The van der Waals surface area contributed by atoms with E-state index in [0.717, 1.165) is 12.8 Å². The van der Waals surface area contributed by atoms with Gasteiger partial charge in [0.15, 0.2) is 0 Å². The fourth-order valence-corrected chi connectivity index (χ4v) is 3.91. The van der Waals surface area contributed by atoms with Crippen molar-refractivity contribution in [1.29, 1.82) is 0 Å². The quantitative estimate of drug-likeness (QED) is 0.847. The number of hydrogen-bond acceptors (Lipinski definition) is 4. The molecule has 18 heavy (non-hydrogen) atoms. The molecule has 1 saturated heterocycles. The molecule has 1 aromatic rings. The highest BCUT2D eigenvalue weighted by Gasteiger charge is 2.31. The van der Waals surface area contributed by atoms with Crippen LogP contribution in [-0.2, 0) is 17.1 Å². The summed E-state index contributed by atoms with van der Waals surface area (Å²) in [5.74, 6) is 0. The van der Waals surface area contributed by atoms with Gasteiger partial charge in [-0.05, 0) is 26.8 Å². The van der Waals surface area contributed by atoms with Gasteiger partial charge in [-0.2, -0.15) is 9.40 Å². The van der Waals surface area contributed by atoms with Gasteiger partial charge in [-0.15, -0.1) is 0 Å². The predicted octanol–water partition coefficient (Wildman–Crippen LogP) is 0.101. The SMILES string of the molecule is CNC1CCN(S(=O)(=O)c2cnn(C)c2C)CC1. The predicted molar refractivity (Wildman–Crippen MR) is 68.8 cm³/mol. The average Bonchev–Trinajstić information content (AvgIpc) is 2.70. The Kier molecular flexibility index (Phi) is 3.74. The van der Waals surface area contributed by atoms with Gasteiger partial charge in [-0.25, -0.2) is 8.42 Å². The van der Waals surface area contributed by atoms with Crippen LogP contribution in [0.15, 0.2) is 11.1 Å². The zero-order valence-electron chi connectivity index (χ0n) is 11.0. The molecule has 1 aromatic heterocycles. The van der Waals surface area contributed by atoms with Crippen molar-refractivity contribution >= 4 is 10.0 Å². The van der Waals surface area contributed by atoms with Crippen LogP contribution in [0.1, 0.15) is 18.5 Å². The van der Waals surface area contributed by atoms with E-state index < -0.39 is 10.0 Å². The van der Waals surface area contributed by atoms with Crippen LogP contribution in [0.4, 0.5) is 0 Å². The largest absolute Gasteiger partial charge is 0.317 e. The van der Waals surface area contributed by atoms with Crippen molar-refractivity contribution in [1.82, 2.24) is 19.4 Å². The Morgan fingerprint density at radius 3 is 2.44 bits per heavy atom. The van der Waals surface area contributed by atoms with Crippen molar-refractivity contribution in [3.05, 3.63) is 11.9 Å². The number of piperidine rings is 1. The van der Waals surface area contributed by atoms with E-state index >= 15 is 0 Å². The van der Waals surface area contributed by atoms with Gasteiger partial charge >= 0.3 is 0 Å². The van der Waals surface area contributed by atoms with E-state index in [0.29, 0.717) is 29.7 Å². The standard InChI is InChI=1S/C11H20N4O2S/c1-9-11(8-13-14(9)3)18(16,17)15-6-4-10(12-2)5-7-15/h8,10,12H,4-7H2,1-3H3. The summed E-state index contributed by atoms with van der Waals surface area (Å²) in [6.07, 6.45) is 3.15. The molecule has 1 fully saturated rings. The fraction of sp³-hybridized carbons (Fsp3) is 0.727. The Balaban J connectivity index is 2.20. The molecular formula is C11H20N4O2S. The summed E-state index contributed by atoms with van der Waals surface area (Å²) in [6.45, 7) is 2.92. The first-order chi connectivity index (χ1) is 8.46. The van der Waals surface area contributed by atoms with Crippen molar-refractivity contribution in [2.75, 3.05) is 20.1 Å². The van der Waals surface area contributed by atoms with E-state index in [1.165, 1.54) is 6.20 Å². The van der Waals surface area contributed by atoms with Gasteiger partial charge in [0, 0.05) is 26.2 Å². The minimum atomic E-state index is -3.38. The smallest absolute Gasteiger partial charge is 0.246 e. The Morgan fingerprint density at radius 2 is 2.00 bits per heavy atom. The maximum atomic E-state index is 12.5. The lowest BCUT2D eigenvalue weighted by Gasteiger charge is -2.30. The van der Waals surface area contributed by atoms with Crippen LogP contribution in [0.25, 0.3) is 0 Å². The lowest BCUT2D eigenvalue weighted by atomic mass is 10.1. The maximum Gasteiger partial charge on any atom is 0.246 e. The minimum absolute atomic E-state index is 0.327. The summed E-state index contributed by atoms with van der Waals surface area (Å²) in [6, 6.07) is 0.423. The van der Waals surface area contributed by atoms with Gasteiger partial charge in [0.1, 0.15) is 4.90 Å².